The first-order valence-corrected chi connectivity index (χ1v) is 8.86. The maximum absolute atomic E-state index is 12.2. The predicted molar refractivity (Wildman–Crippen MR) is 97.7 cm³/mol. The van der Waals surface area contributed by atoms with Gasteiger partial charge >= 0.3 is 12.1 Å². The molecule has 2 aliphatic heterocycles. The number of carbonyl (C=O) groups is 2. The van der Waals surface area contributed by atoms with E-state index in [0.29, 0.717) is 19.5 Å². The third kappa shape index (κ3) is 4.79. The number of benzene rings is 1. The molecule has 0 saturated carbocycles. The smallest absolute Gasteiger partial charge is 0.408 e. The number of rotatable bonds is 5. The van der Waals surface area contributed by atoms with Gasteiger partial charge in [0.1, 0.15) is 11.9 Å². The van der Waals surface area contributed by atoms with Crippen molar-refractivity contribution in [2.24, 2.45) is 5.92 Å². The molecule has 0 bridgehead atoms. The Morgan fingerprint density at radius 2 is 2.00 bits per heavy atom. The summed E-state index contributed by atoms with van der Waals surface area (Å²) in [6.45, 7) is 1.01. The minimum Gasteiger partial charge on any atom is -0.496 e. The molecule has 10 nitrogen and oxygen atoms in total. The van der Waals surface area contributed by atoms with Gasteiger partial charge in [0.15, 0.2) is 0 Å². The van der Waals surface area contributed by atoms with E-state index >= 15 is 0 Å². The number of hydrazine groups is 1. The number of fused-ring (bicyclic) bond motifs is 1. The number of methoxy groups -OCH3 is 2. The number of carbonyl (C=O) groups excluding carboxylic acids is 2. The van der Waals surface area contributed by atoms with Gasteiger partial charge in [0, 0.05) is 30.6 Å². The highest BCUT2D eigenvalue weighted by Crippen LogP contribution is 2.21. The molecule has 2 fully saturated rings. The van der Waals surface area contributed by atoms with Crippen molar-refractivity contribution in [2.45, 2.75) is 31.3 Å². The van der Waals surface area contributed by atoms with Crippen molar-refractivity contribution in [1.82, 2.24) is 32.1 Å². The lowest BCUT2D eigenvalue weighted by Gasteiger charge is -2.34. The van der Waals surface area contributed by atoms with E-state index in [1.807, 2.05) is 24.3 Å². The minimum atomic E-state index is -0.481. The van der Waals surface area contributed by atoms with E-state index < -0.39 is 6.09 Å². The Bertz CT molecular complexity index is 673. The van der Waals surface area contributed by atoms with E-state index in [1.54, 1.807) is 7.11 Å². The van der Waals surface area contributed by atoms with Gasteiger partial charge in [0.2, 0.25) is 0 Å². The van der Waals surface area contributed by atoms with E-state index in [2.05, 4.69) is 36.9 Å². The first-order valence-electron chi connectivity index (χ1n) is 8.86. The molecule has 1 aromatic rings. The second-order valence-electron chi connectivity index (χ2n) is 6.51. The highest BCUT2D eigenvalue weighted by Gasteiger charge is 2.41. The van der Waals surface area contributed by atoms with Crippen LogP contribution in [0.1, 0.15) is 12.0 Å². The molecule has 0 aromatic heterocycles. The number of piperidine rings is 1. The van der Waals surface area contributed by atoms with E-state index in [9.17, 15) is 9.59 Å². The molecule has 2 heterocycles. The van der Waals surface area contributed by atoms with Crippen LogP contribution in [0.2, 0.25) is 0 Å². The monoisotopic (exact) mass is 378 g/mol. The Kier molecular flexibility index (Phi) is 6.32. The van der Waals surface area contributed by atoms with Gasteiger partial charge in [-0.25, -0.2) is 15.0 Å². The lowest BCUT2D eigenvalue weighted by atomic mass is 9.91. The minimum absolute atomic E-state index is 0.118. The molecule has 0 spiro atoms. The van der Waals surface area contributed by atoms with Gasteiger partial charge in [-0.05, 0) is 12.5 Å². The van der Waals surface area contributed by atoms with Crippen molar-refractivity contribution in [2.75, 3.05) is 20.8 Å². The molecule has 27 heavy (non-hydrogen) atoms. The lowest BCUT2D eigenvalue weighted by molar-refractivity contribution is 0.158. The Balaban J connectivity index is 1.45. The number of nitrogens with one attached hydrogen (secondary N) is 6. The van der Waals surface area contributed by atoms with E-state index in [4.69, 9.17) is 4.74 Å². The molecule has 1 aromatic carbocycles. The van der Waals surface area contributed by atoms with Crippen molar-refractivity contribution in [3.63, 3.8) is 0 Å². The largest absolute Gasteiger partial charge is 0.496 e. The third-order valence-corrected chi connectivity index (χ3v) is 4.85. The first kappa shape index (κ1) is 19.2. The number of hydrogen-bond acceptors (Lipinski definition) is 7. The molecule has 2 saturated heterocycles. The molecule has 6 N–H and O–H groups in total. The summed E-state index contributed by atoms with van der Waals surface area (Å²) < 4.78 is 9.92. The van der Waals surface area contributed by atoms with Crippen molar-refractivity contribution in [3.8, 4) is 5.75 Å². The topological polar surface area (TPSA) is 125 Å². The second kappa shape index (κ2) is 8.89. The fourth-order valence-corrected chi connectivity index (χ4v) is 3.43. The Morgan fingerprint density at radius 3 is 2.78 bits per heavy atom. The fourth-order valence-electron chi connectivity index (χ4n) is 3.43. The van der Waals surface area contributed by atoms with Crippen LogP contribution in [-0.4, -0.2) is 51.3 Å². The average Bonchev–Trinajstić information content (AvgIpc) is 3.08. The van der Waals surface area contributed by atoms with Crippen LogP contribution in [0, 0.1) is 5.92 Å². The first-order chi connectivity index (χ1) is 13.1. The number of urea groups is 1. The summed E-state index contributed by atoms with van der Waals surface area (Å²) in [5, 5.41) is 11.8. The number of para-hydroxylation sites is 1. The third-order valence-electron chi connectivity index (χ3n) is 4.85. The van der Waals surface area contributed by atoms with Crippen LogP contribution in [0.5, 0.6) is 5.75 Å². The molecule has 148 valence electrons. The number of ether oxygens (including phenoxy) is 2. The van der Waals surface area contributed by atoms with Gasteiger partial charge in [-0.2, -0.15) is 0 Å². The summed E-state index contributed by atoms with van der Waals surface area (Å²) in [6, 6.07) is 7.41. The van der Waals surface area contributed by atoms with Crippen LogP contribution in [0.4, 0.5) is 9.59 Å². The molecule has 3 amide bonds. The van der Waals surface area contributed by atoms with E-state index in [1.165, 1.54) is 7.11 Å². The highest BCUT2D eigenvalue weighted by atomic mass is 16.5. The summed E-state index contributed by atoms with van der Waals surface area (Å²) in [5.74, 6) is 0.889. The van der Waals surface area contributed by atoms with Crippen LogP contribution < -0.4 is 36.9 Å². The van der Waals surface area contributed by atoms with Gasteiger partial charge in [-0.1, -0.05) is 18.2 Å². The van der Waals surface area contributed by atoms with Crippen molar-refractivity contribution in [3.05, 3.63) is 29.8 Å². The molecule has 4 unspecified atom stereocenters. The zero-order valence-corrected chi connectivity index (χ0v) is 15.4. The van der Waals surface area contributed by atoms with Crippen LogP contribution in [0.3, 0.4) is 0 Å². The Morgan fingerprint density at radius 1 is 1.19 bits per heavy atom. The van der Waals surface area contributed by atoms with Gasteiger partial charge in [-0.15, -0.1) is 0 Å². The molecular formula is C17H26N6O4. The number of amides is 3. The highest BCUT2D eigenvalue weighted by molar-refractivity contribution is 5.74. The van der Waals surface area contributed by atoms with Crippen LogP contribution in [-0.2, 0) is 11.3 Å². The average molecular weight is 378 g/mol. The summed E-state index contributed by atoms with van der Waals surface area (Å²) >= 11 is 0. The standard InChI is InChI=1S/C17H26N6O4/c1-26-13-6-4-3-5-10(13)8-19-16(24)20-14-7-12-11(9-18-14)15(23-22-12)21-17(25)27-2/h3-6,11-12,14-15,18,22-23H,7-9H2,1-2H3,(H,21,25)(H2,19,20,24). The van der Waals surface area contributed by atoms with Gasteiger partial charge in [0.25, 0.3) is 0 Å². The van der Waals surface area contributed by atoms with E-state index in [0.717, 1.165) is 11.3 Å². The summed E-state index contributed by atoms with van der Waals surface area (Å²) in [5.41, 5.74) is 7.13. The van der Waals surface area contributed by atoms with Gasteiger partial charge in [0.05, 0.1) is 20.4 Å². The van der Waals surface area contributed by atoms with Crippen molar-refractivity contribution >= 4 is 12.1 Å². The summed E-state index contributed by atoms with van der Waals surface area (Å²) in [7, 11) is 2.93. The summed E-state index contributed by atoms with van der Waals surface area (Å²) in [4.78, 5) is 23.6. The van der Waals surface area contributed by atoms with Gasteiger partial charge in [-0.3, -0.25) is 10.7 Å². The molecule has 3 rings (SSSR count). The predicted octanol–water partition coefficient (Wildman–Crippen LogP) is -0.411. The van der Waals surface area contributed by atoms with Crippen molar-refractivity contribution < 1.29 is 19.1 Å². The molecule has 0 radical (unpaired) electrons. The maximum atomic E-state index is 12.2. The lowest BCUT2D eigenvalue weighted by Crippen LogP contribution is -2.59. The van der Waals surface area contributed by atoms with E-state index in [-0.39, 0.29) is 30.3 Å². The van der Waals surface area contributed by atoms with Gasteiger partial charge < -0.3 is 25.4 Å². The zero-order valence-electron chi connectivity index (χ0n) is 15.4. The Labute approximate surface area is 157 Å². The number of alkyl carbamates (subject to hydrolysis) is 1. The molecule has 4 atom stereocenters. The molecule has 2 aliphatic rings. The summed E-state index contributed by atoms with van der Waals surface area (Å²) in [6.07, 6.45) is -0.199. The van der Waals surface area contributed by atoms with Crippen LogP contribution in [0.25, 0.3) is 0 Å². The molecule has 10 heteroatoms. The Hall–Kier alpha value is -2.56. The quantitative estimate of drug-likeness (QED) is 0.411. The normalized spacial score (nSPS) is 26.6. The van der Waals surface area contributed by atoms with Crippen LogP contribution >= 0.6 is 0 Å². The maximum Gasteiger partial charge on any atom is 0.408 e. The SMILES string of the molecule is COC(=O)NC1NNC2CC(NC(=O)NCc3ccccc3OC)NCC21. The fraction of sp³-hybridized carbons (Fsp3) is 0.529. The molecule has 0 aliphatic carbocycles. The second-order valence-corrected chi connectivity index (χ2v) is 6.51. The zero-order chi connectivity index (χ0) is 19.2. The van der Waals surface area contributed by atoms with Crippen molar-refractivity contribution in [1.29, 1.82) is 0 Å². The number of hydrogen-bond donors (Lipinski definition) is 6. The van der Waals surface area contributed by atoms with Crippen LogP contribution in [0.15, 0.2) is 24.3 Å². The molecular weight excluding hydrogens is 352 g/mol.